The van der Waals surface area contributed by atoms with Gasteiger partial charge in [-0.05, 0) is 164 Å². The third-order valence-corrected chi connectivity index (χ3v) is 13.4. The van der Waals surface area contributed by atoms with Crippen LogP contribution in [0.3, 0.4) is 0 Å². The number of anilines is 1. The number of benzene rings is 5. The van der Waals surface area contributed by atoms with E-state index in [0.717, 1.165) is 60.3 Å². The van der Waals surface area contributed by atoms with Crippen LogP contribution >= 0.6 is 11.3 Å². The minimum absolute atomic E-state index is 0.122. The molecule has 0 fully saturated rings. The highest BCUT2D eigenvalue weighted by Gasteiger charge is 2.15. The van der Waals surface area contributed by atoms with Gasteiger partial charge in [0, 0.05) is 30.1 Å². The van der Waals surface area contributed by atoms with Crippen molar-refractivity contribution in [1.82, 2.24) is 20.3 Å². The highest BCUT2D eigenvalue weighted by molar-refractivity contribution is 7.10. The fraction of sp³-hybridized carbons (Fsp3) is 0.388. The van der Waals surface area contributed by atoms with Crippen LogP contribution < -0.4 is 26.8 Å². The maximum absolute atomic E-state index is 10.8. The maximum atomic E-state index is 10.8. The first kappa shape index (κ1) is 66.1. The van der Waals surface area contributed by atoms with Crippen LogP contribution in [0.4, 0.5) is 5.69 Å². The van der Waals surface area contributed by atoms with E-state index >= 15 is 0 Å². The molecule has 5 aromatic carbocycles. The Hall–Kier alpha value is -7.15. The summed E-state index contributed by atoms with van der Waals surface area (Å²) < 4.78 is 15.0. The summed E-state index contributed by atoms with van der Waals surface area (Å²) in [5.41, 5.74) is 12.9. The number of ether oxygens (including phenoxy) is 1. The quantitative estimate of drug-likeness (QED) is 0.0742. The summed E-state index contributed by atoms with van der Waals surface area (Å²) in [7, 11) is 0. The molecule has 0 saturated carbocycles. The van der Waals surface area contributed by atoms with E-state index in [1.807, 2.05) is 141 Å². The minimum atomic E-state index is -0.402. The molecule has 11 nitrogen and oxygen atoms in total. The lowest BCUT2D eigenvalue weighted by atomic mass is 9.99. The molecule has 7 heterocycles. The topological polar surface area (TPSA) is 158 Å². The molecular weight excluding hydrogens is 1000 g/mol. The van der Waals surface area contributed by atoms with Gasteiger partial charge in [-0.1, -0.05) is 154 Å². The van der Waals surface area contributed by atoms with Crippen molar-refractivity contribution in [3.8, 4) is 5.75 Å². The van der Waals surface area contributed by atoms with Crippen LogP contribution in [0.15, 0.2) is 164 Å². The number of hydrogen-bond donors (Lipinski definition) is 5. The molecule has 426 valence electrons. The van der Waals surface area contributed by atoms with Gasteiger partial charge in [-0.25, -0.2) is 9.59 Å². The van der Waals surface area contributed by atoms with Gasteiger partial charge < -0.3 is 34.2 Å². The molecule has 0 spiro atoms. The number of hydrogen-bond acceptors (Lipinski definition) is 9. The summed E-state index contributed by atoms with van der Waals surface area (Å²) in [4.78, 5) is 41.5. The van der Waals surface area contributed by atoms with Crippen LogP contribution in [0.2, 0.25) is 0 Å². The van der Waals surface area contributed by atoms with E-state index in [2.05, 4.69) is 91.6 Å². The molecule has 5 aliphatic rings. The number of aromatic nitrogens is 3. The molecule has 0 radical (unpaired) electrons. The van der Waals surface area contributed by atoms with Crippen LogP contribution in [-0.2, 0) is 56.3 Å². The van der Waals surface area contributed by atoms with Crippen LogP contribution in [0.5, 0.6) is 5.75 Å². The van der Waals surface area contributed by atoms with Crippen molar-refractivity contribution in [3.05, 3.63) is 210 Å². The van der Waals surface area contributed by atoms with Gasteiger partial charge in [0.25, 0.3) is 0 Å². The lowest BCUT2D eigenvalue weighted by Crippen LogP contribution is -2.23. The molecule has 5 N–H and O–H groups in total. The van der Waals surface area contributed by atoms with Gasteiger partial charge in [0.2, 0.25) is 0 Å². The van der Waals surface area contributed by atoms with E-state index in [-0.39, 0.29) is 11.7 Å². The number of furan rings is 1. The number of thiophene rings is 1. The van der Waals surface area contributed by atoms with Crippen LogP contribution in [0.1, 0.15) is 152 Å². The van der Waals surface area contributed by atoms with Gasteiger partial charge in [0.1, 0.15) is 11.5 Å². The molecule has 0 amide bonds. The second-order valence-corrected chi connectivity index (χ2v) is 18.3. The third-order valence-electron chi connectivity index (χ3n) is 12.4. The van der Waals surface area contributed by atoms with Gasteiger partial charge in [-0.2, -0.15) is 0 Å². The standard InChI is InChI=1S/2C9H11N.C9H8O2.C8H10O.C8H10S.C7H6N2O.C7H5NO2.5C2H6/c1-2-6-9-8(4-1)5-3-7-10-9;1-2-4-9-7-10-6-5-8(9)3-1;10-9-6-5-7-3-1-2-4-8(7)11-9;2*1-2-4-8-7(3-1)5-6-9-8;10-7-8-5-3-1-2-4-6(5)9-7;9-7-8-5-3-1-2-4-6(5)10-7;5*1-2/h1-2,4,6,10H,3,5,7H2;1-4,10H,5-7H2;1-4H,5-6H2;2*5-6H,1-4H2;1-4H,(H2,8,9,10);1-4H,(H,8,9);5*1-2H3. The number of H-pyrrole nitrogens is 3. The van der Waals surface area contributed by atoms with Crippen molar-refractivity contribution in [2.24, 2.45) is 0 Å². The fourth-order valence-electron chi connectivity index (χ4n) is 8.74. The molecule has 0 saturated heterocycles. The molecule has 12 heteroatoms. The first-order valence-corrected chi connectivity index (χ1v) is 30.1. The summed E-state index contributed by atoms with van der Waals surface area (Å²) in [6, 6.07) is 43.8. The van der Waals surface area contributed by atoms with E-state index in [1.165, 1.54) is 97.9 Å². The number of carbonyl (C=O) groups is 1. The maximum Gasteiger partial charge on any atom is 0.417 e. The average Bonchev–Trinajstić information content (AvgIpc) is 4.37. The molecule has 4 aromatic heterocycles. The Morgan fingerprint density at radius 2 is 1.01 bits per heavy atom. The monoisotopic (exact) mass is 1090 g/mol. The lowest BCUT2D eigenvalue weighted by Gasteiger charge is -2.16. The minimum Gasteiger partial charge on any atom is -0.469 e. The van der Waals surface area contributed by atoms with Crippen molar-refractivity contribution in [3.63, 3.8) is 0 Å². The zero-order valence-electron chi connectivity index (χ0n) is 49.0. The molecule has 14 rings (SSSR count). The zero-order chi connectivity index (χ0) is 57.5. The Balaban J connectivity index is 0.000000236. The van der Waals surface area contributed by atoms with Crippen LogP contribution in [0, 0.1) is 0 Å². The Morgan fingerprint density at radius 1 is 0.443 bits per heavy atom. The van der Waals surface area contributed by atoms with Gasteiger partial charge in [-0.3, -0.25) is 9.78 Å². The zero-order valence-corrected chi connectivity index (χ0v) is 49.8. The van der Waals surface area contributed by atoms with E-state index in [0.29, 0.717) is 12.0 Å². The van der Waals surface area contributed by atoms with Crippen LogP contribution in [0.25, 0.3) is 22.1 Å². The highest BCUT2D eigenvalue weighted by atomic mass is 32.1. The van der Waals surface area contributed by atoms with Crippen LogP contribution in [-0.4, -0.2) is 34.0 Å². The number of aromatic amines is 3. The Kier molecular flexibility index (Phi) is 33.6. The summed E-state index contributed by atoms with van der Waals surface area (Å²) in [5.74, 6) is 1.43. The molecule has 0 bridgehead atoms. The highest BCUT2D eigenvalue weighted by Crippen LogP contribution is 2.26. The molecule has 2 aliphatic carbocycles. The molecule has 0 unspecified atom stereocenters. The van der Waals surface area contributed by atoms with Gasteiger partial charge in [0.15, 0.2) is 5.58 Å². The van der Waals surface area contributed by atoms with Crippen molar-refractivity contribution in [2.45, 2.75) is 159 Å². The SMILES string of the molecule is CC.CC.CC.CC.CC.O=C1CCc2ccccc2O1.O=c1[nH]c2ccccc2[nH]1.O=c1[nH]c2ccccc2o1.c1cc2c(o1)CCCC2.c1cc2c(s1)CCCC2.c1ccc2c(c1)CCCN2.c1ccc2c(c1)CCNC2. The Bertz CT molecular complexity index is 2780. The summed E-state index contributed by atoms with van der Waals surface area (Å²) in [5, 5.41) is 8.92. The molecular formula is C67H91N5O6S. The van der Waals surface area contributed by atoms with E-state index in [9.17, 15) is 14.4 Å². The Morgan fingerprint density at radius 3 is 1.67 bits per heavy atom. The number of nitrogens with one attached hydrogen (secondary N) is 5. The number of para-hydroxylation sites is 6. The first-order chi connectivity index (χ1) is 38.9. The number of carbonyl (C=O) groups excluding carboxylic acids is 1. The van der Waals surface area contributed by atoms with Crippen molar-refractivity contribution < 1.29 is 18.4 Å². The summed E-state index contributed by atoms with van der Waals surface area (Å²) in [6.45, 7) is 23.3. The van der Waals surface area contributed by atoms with Gasteiger partial charge in [-0.15, -0.1) is 11.3 Å². The molecule has 3 aliphatic heterocycles. The number of esters is 1. The van der Waals surface area contributed by atoms with E-state index in [4.69, 9.17) is 13.6 Å². The fourth-order valence-corrected chi connectivity index (χ4v) is 9.72. The van der Waals surface area contributed by atoms with Gasteiger partial charge >= 0.3 is 17.4 Å². The van der Waals surface area contributed by atoms with Crippen molar-refractivity contribution in [1.29, 1.82) is 0 Å². The predicted octanol–water partition coefficient (Wildman–Crippen LogP) is 16.8. The largest absolute Gasteiger partial charge is 0.469 e. The van der Waals surface area contributed by atoms with Crippen molar-refractivity contribution >= 4 is 45.1 Å². The summed E-state index contributed by atoms with van der Waals surface area (Å²) >= 11 is 1.93. The number of rotatable bonds is 0. The lowest BCUT2D eigenvalue weighted by molar-refractivity contribution is -0.135. The first-order valence-electron chi connectivity index (χ1n) is 29.2. The second kappa shape index (κ2) is 40.1. The smallest absolute Gasteiger partial charge is 0.417 e. The van der Waals surface area contributed by atoms with E-state index in [1.54, 1.807) is 28.8 Å². The number of imidazole rings is 1. The number of oxazole rings is 1. The van der Waals surface area contributed by atoms with Gasteiger partial charge in [0.05, 0.1) is 29.2 Å². The van der Waals surface area contributed by atoms with Crippen molar-refractivity contribution in [2.75, 3.05) is 18.4 Å². The predicted molar refractivity (Wildman–Crippen MR) is 334 cm³/mol. The van der Waals surface area contributed by atoms with E-state index < -0.39 is 5.76 Å². The number of aryl methyl sites for hydroxylation is 6. The summed E-state index contributed by atoms with van der Waals surface area (Å²) in [6.07, 6.45) is 17.3. The molecule has 9 aromatic rings. The average molecular weight is 1090 g/mol. The molecule has 0 atom stereocenters. The molecule has 79 heavy (non-hydrogen) atoms. The normalized spacial score (nSPS) is 13.2. The third kappa shape index (κ3) is 23.0. The number of fused-ring (bicyclic) bond motifs is 7. The Labute approximate surface area is 475 Å². The second-order valence-electron chi connectivity index (χ2n) is 17.3.